The van der Waals surface area contributed by atoms with E-state index in [1.54, 1.807) is 25.1 Å². The molecule has 2 aromatic rings. The standard InChI is InChI=1S/C14H13BN2O4/c1-8-4-14(19)17-13(16-8)6-12(18)9-2-3-10-7-21-15(20)11(10)5-9/h2-5,20H,6-7H2,1H3,(H,16,17,19). The van der Waals surface area contributed by atoms with Gasteiger partial charge in [0, 0.05) is 17.3 Å². The molecule has 1 aromatic heterocycles. The van der Waals surface area contributed by atoms with Gasteiger partial charge in [0.1, 0.15) is 5.82 Å². The molecule has 21 heavy (non-hydrogen) atoms. The first-order chi connectivity index (χ1) is 10.0. The number of rotatable bonds is 3. The third kappa shape index (κ3) is 2.79. The molecule has 106 valence electrons. The van der Waals surface area contributed by atoms with Crippen molar-refractivity contribution >= 4 is 18.4 Å². The summed E-state index contributed by atoms with van der Waals surface area (Å²) in [6, 6.07) is 6.46. The fourth-order valence-electron chi connectivity index (χ4n) is 2.37. The summed E-state index contributed by atoms with van der Waals surface area (Å²) in [5.41, 5.74) is 2.25. The lowest BCUT2D eigenvalue weighted by atomic mass is 9.78. The van der Waals surface area contributed by atoms with Crippen LogP contribution >= 0.6 is 0 Å². The highest BCUT2D eigenvalue weighted by atomic mass is 16.5. The zero-order chi connectivity index (χ0) is 15.0. The van der Waals surface area contributed by atoms with Crippen LogP contribution in [0.15, 0.2) is 29.1 Å². The lowest BCUT2D eigenvalue weighted by Crippen LogP contribution is -2.29. The molecule has 1 aliphatic heterocycles. The third-order valence-electron chi connectivity index (χ3n) is 3.38. The molecular formula is C14H13BN2O4. The average molecular weight is 284 g/mol. The lowest BCUT2D eigenvalue weighted by Gasteiger charge is -2.04. The van der Waals surface area contributed by atoms with Gasteiger partial charge in [0.2, 0.25) is 0 Å². The fraction of sp³-hybridized carbons (Fsp3) is 0.214. The third-order valence-corrected chi connectivity index (χ3v) is 3.38. The van der Waals surface area contributed by atoms with Crippen LogP contribution in [0, 0.1) is 6.92 Å². The van der Waals surface area contributed by atoms with Crippen molar-refractivity contribution in [3.8, 4) is 0 Å². The Morgan fingerprint density at radius 1 is 1.48 bits per heavy atom. The number of Topliss-reactive ketones (excluding diaryl/α,β-unsaturated/α-hetero) is 1. The van der Waals surface area contributed by atoms with Crippen LogP contribution in [0.5, 0.6) is 0 Å². The molecule has 2 N–H and O–H groups in total. The number of aryl methyl sites for hydroxylation is 1. The predicted octanol–water partition coefficient (Wildman–Crippen LogP) is -0.279. The molecule has 3 rings (SSSR count). The van der Waals surface area contributed by atoms with Crippen LogP contribution in [0.1, 0.15) is 27.4 Å². The molecule has 1 aliphatic rings. The Balaban J connectivity index is 1.86. The molecule has 0 saturated carbocycles. The zero-order valence-electron chi connectivity index (χ0n) is 11.4. The molecule has 0 saturated heterocycles. The number of hydrogen-bond donors (Lipinski definition) is 2. The normalized spacial score (nSPS) is 13.3. The second kappa shape index (κ2) is 5.27. The Labute approximate surface area is 121 Å². The van der Waals surface area contributed by atoms with E-state index in [4.69, 9.17) is 4.65 Å². The van der Waals surface area contributed by atoms with Gasteiger partial charge in [0.15, 0.2) is 5.78 Å². The molecule has 0 amide bonds. The molecule has 0 spiro atoms. The molecule has 6 nitrogen and oxygen atoms in total. The second-order valence-corrected chi connectivity index (χ2v) is 5.01. The number of carbonyl (C=O) groups excluding carboxylic acids is 1. The van der Waals surface area contributed by atoms with E-state index in [0.717, 1.165) is 5.56 Å². The quantitative estimate of drug-likeness (QED) is 0.597. The van der Waals surface area contributed by atoms with Crippen molar-refractivity contribution in [2.75, 3.05) is 0 Å². The maximum Gasteiger partial charge on any atom is 0.491 e. The van der Waals surface area contributed by atoms with E-state index < -0.39 is 7.12 Å². The largest absolute Gasteiger partial charge is 0.491 e. The van der Waals surface area contributed by atoms with Crippen molar-refractivity contribution in [3.63, 3.8) is 0 Å². The summed E-state index contributed by atoms with van der Waals surface area (Å²) in [4.78, 5) is 30.3. The molecular weight excluding hydrogens is 271 g/mol. The van der Waals surface area contributed by atoms with Crippen LogP contribution in [-0.2, 0) is 17.7 Å². The lowest BCUT2D eigenvalue weighted by molar-refractivity contribution is 0.0991. The number of benzene rings is 1. The molecule has 7 heteroatoms. The van der Waals surface area contributed by atoms with Gasteiger partial charge in [-0.1, -0.05) is 18.2 Å². The van der Waals surface area contributed by atoms with Crippen LogP contribution in [0.3, 0.4) is 0 Å². The van der Waals surface area contributed by atoms with Crippen molar-refractivity contribution in [2.24, 2.45) is 0 Å². The van der Waals surface area contributed by atoms with E-state index in [1.807, 2.05) is 0 Å². The van der Waals surface area contributed by atoms with Gasteiger partial charge in [-0.2, -0.15) is 0 Å². The number of nitrogens with one attached hydrogen (secondary N) is 1. The number of H-pyrrole nitrogens is 1. The predicted molar refractivity (Wildman–Crippen MR) is 76.5 cm³/mol. The van der Waals surface area contributed by atoms with E-state index in [2.05, 4.69) is 9.97 Å². The van der Waals surface area contributed by atoms with Crippen LogP contribution < -0.4 is 11.0 Å². The first kappa shape index (κ1) is 13.7. The smallest absolute Gasteiger partial charge is 0.423 e. The monoisotopic (exact) mass is 284 g/mol. The molecule has 0 unspecified atom stereocenters. The maximum absolute atomic E-state index is 12.3. The fourth-order valence-corrected chi connectivity index (χ4v) is 2.37. The van der Waals surface area contributed by atoms with Crippen LogP contribution in [0.2, 0.25) is 0 Å². The number of carbonyl (C=O) groups is 1. The summed E-state index contributed by atoms with van der Waals surface area (Å²) in [6.07, 6.45) is 0.00661. The van der Waals surface area contributed by atoms with Crippen LogP contribution in [0.4, 0.5) is 0 Å². The van der Waals surface area contributed by atoms with Gasteiger partial charge in [0.05, 0.1) is 13.0 Å². The molecule has 0 atom stereocenters. The summed E-state index contributed by atoms with van der Waals surface area (Å²) < 4.78 is 5.09. The first-order valence-electron chi connectivity index (χ1n) is 6.55. The summed E-state index contributed by atoms with van der Waals surface area (Å²) in [7, 11) is -0.982. The molecule has 1 aromatic carbocycles. The van der Waals surface area contributed by atoms with Crippen molar-refractivity contribution in [2.45, 2.75) is 20.0 Å². The number of ketones is 1. The van der Waals surface area contributed by atoms with Gasteiger partial charge in [-0.25, -0.2) is 4.98 Å². The Kier molecular flexibility index (Phi) is 3.44. The zero-order valence-corrected chi connectivity index (χ0v) is 11.4. The van der Waals surface area contributed by atoms with E-state index in [9.17, 15) is 14.6 Å². The summed E-state index contributed by atoms with van der Waals surface area (Å²) in [5.74, 6) is 0.160. The Hall–Kier alpha value is -2.25. The van der Waals surface area contributed by atoms with Crippen LogP contribution in [-0.4, -0.2) is 27.9 Å². The van der Waals surface area contributed by atoms with Crippen molar-refractivity contribution in [1.82, 2.24) is 9.97 Å². The van der Waals surface area contributed by atoms with Gasteiger partial charge in [0.25, 0.3) is 5.56 Å². The SMILES string of the molecule is Cc1cc(=O)[nH]c(CC(=O)c2ccc3c(c2)B(O)OC3)n1. The number of nitrogens with zero attached hydrogens (tertiary/aromatic N) is 1. The van der Waals surface area contributed by atoms with E-state index in [-0.39, 0.29) is 17.8 Å². The number of aromatic amines is 1. The van der Waals surface area contributed by atoms with Crippen molar-refractivity contribution < 1.29 is 14.5 Å². The van der Waals surface area contributed by atoms with Crippen LogP contribution in [0.25, 0.3) is 0 Å². The van der Waals surface area contributed by atoms with E-state index in [0.29, 0.717) is 29.2 Å². The number of hydrogen-bond acceptors (Lipinski definition) is 5. The second-order valence-electron chi connectivity index (χ2n) is 5.01. The molecule has 0 bridgehead atoms. The van der Waals surface area contributed by atoms with Gasteiger partial charge in [-0.05, 0) is 17.9 Å². The van der Waals surface area contributed by atoms with E-state index >= 15 is 0 Å². The minimum Gasteiger partial charge on any atom is -0.423 e. The Morgan fingerprint density at radius 3 is 3.05 bits per heavy atom. The summed E-state index contributed by atoms with van der Waals surface area (Å²) >= 11 is 0. The highest BCUT2D eigenvalue weighted by Crippen LogP contribution is 2.12. The minimum atomic E-state index is -0.982. The van der Waals surface area contributed by atoms with Gasteiger partial charge >= 0.3 is 7.12 Å². The average Bonchev–Trinajstić information content (AvgIpc) is 2.79. The topological polar surface area (TPSA) is 92.3 Å². The van der Waals surface area contributed by atoms with Gasteiger partial charge in [-0.3, -0.25) is 9.59 Å². The molecule has 0 fully saturated rings. The Bertz CT molecular complexity index is 772. The van der Waals surface area contributed by atoms with Gasteiger partial charge in [-0.15, -0.1) is 0 Å². The maximum atomic E-state index is 12.3. The summed E-state index contributed by atoms with van der Waals surface area (Å²) in [5, 5.41) is 9.66. The highest BCUT2D eigenvalue weighted by Gasteiger charge is 2.28. The molecule has 2 heterocycles. The Morgan fingerprint density at radius 2 is 2.29 bits per heavy atom. The first-order valence-corrected chi connectivity index (χ1v) is 6.55. The number of aromatic nitrogens is 2. The highest BCUT2D eigenvalue weighted by molar-refractivity contribution is 6.61. The number of fused-ring (bicyclic) bond motifs is 1. The molecule has 0 aliphatic carbocycles. The minimum absolute atomic E-state index is 0.00661. The van der Waals surface area contributed by atoms with Crippen molar-refractivity contribution in [1.29, 1.82) is 0 Å². The summed E-state index contributed by atoms with van der Waals surface area (Å²) in [6.45, 7) is 2.05. The van der Waals surface area contributed by atoms with E-state index in [1.165, 1.54) is 6.07 Å². The van der Waals surface area contributed by atoms with Gasteiger partial charge < -0.3 is 14.7 Å². The van der Waals surface area contributed by atoms with Crippen molar-refractivity contribution in [3.05, 3.63) is 57.3 Å². The molecule has 0 radical (unpaired) electrons.